The predicted octanol–water partition coefficient (Wildman–Crippen LogP) is 1.44. The van der Waals surface area contributed by atoms with E-state index in [1.165, 1.54) is 0 Å². The molecule has 1 atom stereocenters. The van der Waals surface area contributed by atoms with E-state index >= 15 is 0 Å². The number of amides is 1. The van der Waals surface area contributed by atoms with E-state index in [1.807, 2.05) is 35.8 Å². The number of rotatable bonds is 3. The van der Waals surface area contributed by atoms with Gasteiger partial charge < -0.3 is 14.0 Å². The minimum atomic E-state index is -0.146. The predicted molar refractivity (Wildman–Crippen MR) is 87.1 cm³/mol. The van der Waals surface area contributed by atoms with Crippen molar-refractivity contribution in [2.45, 2.75) is 38.8 Å². The highest BCUT2D eigenvalue weighted by Crippen LogP contribution is 2.30. The van der Waals surface area contributed by atoms with Crippen molar-refractivity contribution < 1.29 is 9.32 Å². The average molecular weight is 329 g/mol. The fraction of sp³-hybridized carbons (Fsp3) is 0.588. The number of aromatic nitrogens is 3. The number of likely N-dealkylation sites (tertiary alicyclic amines) is 1. The van der Waals surface area contributed by atoms with Crippen LogP contribution >= 0.6 is 0 Å². The van der Waals surface area contributed by atoms with Gasteiger partial charge >= 0.3 is 0 Å². The molecular weight excluding hydrogens is 306 g/mol. The minimum absolute atomic E-state index is 0.146. The molecule has 1 saturated heterocycles. The molecule has 2 aromatic rings. The lowest BCUT2D eigenvalue weighted by atomic mass is 9.96. The highest BCUT2D eigenvalue weighted by molar-refractivity contribution is 5.84. The fourth-order valence-electron chi connectivity index (χ4n) is 3.87. The summed E-state index contributed by atoms with van der Waals surface area (Å²) in [4.78, 5) is 21.8. The fourth-order valence-corrected chi connectivity index (χ4v) is 3.87. The standard InChI is InChI=1S/C17H23N5O2/c1-12-7-13(19-24-12)8-21-9-14(17(23)22-5-3-4-6-22)16-15(10-21)18-11-20(16)2/h7,11,14H,3-6,8-10H2,1-2H3/t14-/m0/s1. The normalized spacial score (nSPS) is 21.2. The van der Waals surface area contributed by atoms with Gasteiger partial charge in [-0.2, -0.15) is 0 Å². The van der Waals surface area contributed by atoms with E-state index < -0.39 is 0 Å². The molecule has 2 aliphatic heterocycles. The molecule has 4 heterocycles. The Morgan fingerprint density at radius 1 is 1.38 bits per heavy atom. The monoisotopic (exact) mass is 329 g/mol. The number of carbonyl (C=O) groups excluding carboxylic acids is 1. The van der Waals surface area contributed by atoms with Gasteiger partial charge in [-0.1, -0.05) is 5.16 Å². The molecule has 0 spiro atoms. The third-order valence-corrected chi connectivity index (χ3v) is 4.98. The molecule has 2 aliphatic rings. The van der Waals surface area contributed by atoms with E-state index in [1.54, 1.807) is 0 Å². The lowest BCUT2D eigenvalue weighted by Crippen LogP contribution is -2.42. The number of carbonyl (C=O) groups is 1. The second-order valence-corrected chi connectivity index (χ2v) is 6.87. The second-order valence-electron chi connectivity index (χ2n) is 6.87. The van der Waals surface area contributed by atoms with Crippen molar-refractivity contribution in [2.75, 3.05) is 19.6 Å². The summed E-state index contributed by atoms with van der Waals surface area (Å²) in [6.45, 7) is 5.77. The maximum Gasteiger partial charge on any atom is 0.233 e. The minimum Gasteiger partial charge on any atom is -0.361 e. The quantitative estimate of drug-likeness (QED) is 0.852. The Balaban J connectivity index is 1.59. The molecular formula is C17H23N5O2. The van der Waals surface area contributed by atoms with Crippen molar-refractivity contribution >= 4 is 5.91 Å². The first kappa shape index (κ1) is 15.4. The molecule has 0 aliphatic carbocycles. The van der Waals surface area contributed by atoms with E-state index in [-0.39, 0.29) is 11.8 Å². The average Bonchev–Trinajstić information content (AvgIpc) is 3.29. The van der Waals surface area contributed by atoms with E-state index in [9.17, 15) is 4.79 Å². The molecule has 0 saturated carbocycles. The molecule has 24 heavy (non-hydrogen) atoms. The SMILES string of the molecule is Cc1cc(CN2Cc3ncn(C)c3[C@@H](C(=O)N3CCCC3)C2)no1. The number of fused-ring (bicyclic) bond motifs is 1. The smallest absolute Gasteiger partial charge is 0.233 e. The number of nitrogens with zero attached hydrogens (tertiary/aromatic N) is 5. The third-order valence-electron chi connectivity index (χ3n) is 4.98. The van der Waals surface area contributed by atoms with Crippen molar-refractivity contribution in [2.24, 2.45) is 7.05 Å². The van der Waals surface area contributed by atoms with Crippen LogP contribution in [0, 0.1) is 6.92 Å². The van der Waals surface area contributed by atoms with Gasteiger partial charge in [0.25, 0.3) is 0 Å². The van der Waals surface area contributed by atoms with Crippen LogP contribution in [-0.2, 0) is 24.9 Å². The molecule has 0 bridgehead atoms. The number of hydrogen-bond donors (Lipinski definition) is 0. The zero-order valence-electron chi connectivity index (χ0n) is 14.2. The molecule has 7 nitrogen and oxygen atoms in total. The van der Waals surface area contributed by atoms with Crippen LogP contribution in [0.3, 0.4) is 0 Å². The Hall–Kier alpha value is -2.15. The molecule has 0 N–H and O–H groups in total. The molecule has 4 rings (SSSR count). The summed E-state index contributed by atoms with van der Waals surface area (Å²) in [6.07, 6.45) is 4.04. The highest BCUT2D eigenvalue weighted by atomic mass is 16.5. The Kier molecular flexibility index (Phi) is 3.88. The molecule has 0 aromatic carbocycles. The number of aryl methyl sites for hydroxylation is 2. The molecule has 128 valence electrons. The molecule has 2 aromatic heterocycles. The van der Waals surface area contributed by atoms with Crippen LogP contribution in [-0.4, -0.2) is 50.0 Å². The van der Waals surface area contributed by atoms with E-state index in [0.717, 1.165) is 55.3 Å². The zero-order valence-corrected chi connectivity index (χ0v) is 14.2. The van der Waals surface area contributed by atoms with Crippen molar-refractivity contribution in [1.29, 1.82) is 0 Å². The second kappa shape index (κ2) is 6.05. The highest BCUT2D eigenvalue weighted by Gasteiger charge is 2.36. The van der Waals surface area contributed by atoms with Gasteiger partial charge in [0.05, 0.1) is 29.3 Å². The Labute approximate surface area is 141 Å². The molecule has 1 fully saturated rings. The van der Waals surface area contributed by atoms with Gasteiger partial charge in [-0.05, 0) is 19.8 Å². The third kappa shape index (κ3) is 2.73. The van der Waals surface area contributed by atoms with Gasteiger partial charge in [0.2, 0.25) is 5.91 Å². The van der Waals surface area contributed by atoms with Crippen LogP contribution in [0.4, 0.5) is 0 Å². The number of imidazole rings is 1. The molecule has 0 unspecified atom stereocenters. The van der Waals surface area contributed by atoms with Crippen LogP contribution in [0.1, 0.15) is 41.6 Å². The van der Waals surface area contributed by atoms with Crippen LogP contribution in [0.5, 0.6) is 0 Å². The first-order valence-corrected chi connectivity index (χ1v) is 8.55. The Morgan fingerprint density at radius 3 is 2.88 bits per heavy atom. The van der Waals surface area contributed by atoms with E-state index in [2.05, 4.69) is 15.0 Å². The summed E-state index contributed by atoms with van der Waals surface area (Å²) in [5.41, 5.74) is 2.97. The first-order chi connectivity index (χ1) is 11.6. The Bertz CT molecular complexity index is 744. The molecule has 0 radical (unpaired) electrons. The van der Waals surface area contributed by atoms with Gasteiger partial charge in [0.1, 0.15) is 5.76 Å². The largest absolute Gasteiger partial charge is 0.361 e. The van der Waals surface area contributed by atoms with Crippen LogP contribution in [0.2, 0.25) is 0 Å². The Morgan fingerprint density at radius 2 is 2.17 bits per heavy atom. The summed E-state index contributed by atoms with van der Waals surface area (Å²) < 4.78 is 7.17. The van der Waals surface area contributed by atoms with Crippen LogP contribution in [0.15, 0.2) is 16.9 Å². The topological polar surface area (TPSA) is 67.4 Å². The van der Waals surface area contributed by atoms with Gasteiger partial charge in [-0.15, -0.1) is 0 Å². The van der Waals surface area contributed by atoms with E-state index in [4.69, 9.17) is 4.52 Å². The first-order valence-electron chi connectivity index (χ1n) is 8.55. The zero-order chi connectivity index (χ0) is 16.7. The van der Waals surface area contributed by atoms with Gasteiger partial charge in [0.15, 0.2) is 0 Å². The molecule has 1 amide bonds. The summed E-state index contributed by atoms with van der Waals surface area (Å²) in [5.74, 6) is 0.899. The summed E-state index contributed by atoms with van der Waals surface area (Å²) >= 11 is 0. The van der Waals surface area contributed by atoms with Crippen molar-refractivity contribution in [1.82, 2.24) is 24.5 Å². The van der Waals surface area contributed by atoms with Crippen molar-refractivity contribution in [3.8, 4) is 0 Å². The number of hydrogen-bond acceptors (Lipinski definition) is 5. The van der Waals surface area contributed by atoms with Gasteiger partial charge in [-0.25, -0.2) is 4.98 Å². The maximum atomic E-state index is 13.0. The lowest BCUT2D eigenvalue weighted by molar-refractivity contribution is -0.132. The summed E-state index contributed by atoms with van der Waals surface area (Å²) in [6, 6.07) is 1.95. The van der Waals surface area contributed by atoms with Crippen LogP contribution < -0.4 is 0 Å². The molecule has 7 heteroatoms. The lowest BCUT2D eigenvalue weighted by Gasteiger charge is -2.33. The van der Waals surface area contributed by atoms with Gasteiger partial charge in [-0.3, -0.25) is 9.69 Å². The maximum absolute atomic E-state index is 13.0. The van der Waals surface area contributed by atoms with Crippen LogP contribution in [0.25, 0.3) is 0 Å². The van der Waals surface area contributed by atoms with Crippen molar-refractivity contribution in [3.05, 3.63) is 35.2 Å². The summed E-state index contributed by atoms with van der Waals surface area (Å²) in [7, 11) is 1.98. The van der Waals surface area contributed by atoms with Crippen molar-refractivity contribution in [3.63, 3.8) is 0 Å². The summed E-state index contributed by atoms with van der Waals surface area (Å²) in [5, 5.41) is 4.08. The van der Waals surface area contributed by atoms with E-state index in [0.29, 0.717) is 13.1 Å². The van der Waals surface area contributed by atoms with Gasteiger partial charge in [0, 0.05) is 45.8 Å².